The molecule has 2 saturated heterocycles. The number of aliphatic hydroxyl groups excluding tert-OH is 2. The summed E-state index contributed by atoms with van der Waals surface area (Å²) in [6.45, 7) is 1.99. The molecule has 2 aliphatic heterocycles. The van der Waals surface area contributed by atoms with Crippen LogP contribution in [0.4, 0.5) is 8.78 Å². The highest BCUT2D eigenvalue weighted by molar-refractivity contribution is 5.84. The van der Waals surface area contributed by atoms with Crippen LogP contribution in [0.15, 0.2) is 54.6 Å². The van der Waals surface area contributed by atoms with Crippen molar-refractivity contribution in [2.45, 2.75) is 24.4 Å². The standard InChI is InChI=1S/C28H27F2N3O5/c29-19-11-20-26(33-28(32-20)38-23-14-37-22(13-34)27(23)35)25(30)24(19)18-7-3-16(4-8-18)15-1-5-17(6-2-15)21-12-31-9-10-36-21/h1-8,11,21-23,27,31,34-35H,9-10,12-14H2,(H,32,33)/t21?,22-,23?,27-/m1/s1. The van der Waals surface area contributed by atoms with Crippen LogP contribution in [0.3, 0.4) is 0 Å². The number of aromatic amines is 1. The Morgan fingerprint density at radius 1 is 1.00 bits per heavy atom. The summed E-state index contributed by atoms with van der Waals surface area (Å²) in [5.41, 5.74) is 3.22. The molecule has 0 spiro atoms. The van der Waals surface area contributed by atoms with Gasteiger partial charge in [-0.1, -0.05) is 48.5 Å². The normalized spacial score (nSPS) is 23.7. The lowest BCUT2D eigenvalue weighted by Crippen LogP contribution is -2.36. The van der Waals surface area contributed by atoms with E-state index in [1.165, 1.54) is 6.07 Å². The Bertz CT molecular complexity index is 1420. The SMILES string of the molecule is OC[C@H]1OCC(Oc2nc3c(F)c(-c4ccc(-c5ccc(C6CNCCO6)cc5)cc4)c(F)cc3[nH]2)[C@@H]1O. The summed E-state index contributed by atoms with van der Waals surface area (Å²) in [6.07, 6.45) is -2.61. The van der Waals surface area contributed by atoms with Gasteiger partial charge in [0.15, 0.2) is 11.9 Å². The zero-order valence-corrected chi connectivity index (χ0v) is 20.4. The first kappa shape index (κ1) is 24.9. The number of hydrogen-bond donors (Lipinski definition) is 4. The van der Waals surface area contributed by atoms with Crippen LogP contribution in [0.5, 0.6) is 6.01 Å². The van der Waals surface area contributed by atoms with Crippen LogP contribution in [0.1, 0.15) is 11.7 Å². The van der Waals surface area contributed by atoms with Gasteiger partial charge in [0.05, 0.1) is 37.0 Å². The van der Waals surface area contributed by atoms with Gasteiger partial charge in [-0.25, -0.2) is 8.78 Å². The summed E-state index contributed by atoms with van der Waals surface area (Å²) in [5, 5.41) is 22.7. The van der Waals surface area contributed by atoms with Crippen LogP contribution in [0.2, 0.25) is 0 Å². The predicted octanol–water partition coefficient (Wildman–Crippen LogP) is 3.34. The van der Waals surface area contributed by atoms with E-state index in [0.717, 1.165) is 29.8 Å². The lowest BCUT2D eigenvalue weighted by atomic mass is 9.98. The van der Waals surface area contributed by atoms with Crippen molar-refractivity contribution in [2.75, 3.05) is 32.9 Å². The number of H-pyrrole nitrogens is 1. The molecule has 6 rings (SSSR count). The van der Waals surface area contributed by atoms with Crippen molar-refractivity contribution in [3.05, 3.63) is 71.8 Å². The highest BCUT2D eigenvalue weighted by atomic mass is 19.1. The number of imidazole rings is 1. The molecule has 0 aliphatic carbocycles. The Morgan fingerprint density at radius 2 is 1.71 bits per heavy atom. The van der Waals surface area contributed by atoms with Gasteiger partial charge < -0.3 is 34.7 Å². The molecule has 3 aromatic carbocycles. The molecule has 4 atom stereocenters. The first-order chi connectivity index (χ1) is 18.5. The van der Waals surface area contributed by atoms with Crippen LogP contribution in [0, 0.1) is 11.6 Å². The maximum atomic E-state index is 15.5. The van der Waals surface area contributed by atoms with Gasteiger partial charge in [0.25, 0.3) is 6.01 Å². The van der Waals surface area contributed by atoms with Crippen molar-refractivity contribution in [1.82, 2.24) is 15.3 Å². The molecule has 198 valence electrons. The van der Waals surface area contributed by atoms with Crippen LogP contribution in [-0.2, 0) is 9.47 Å². The second-order valence-corrected chi connectivity index (χ2v) is 9.45. The Kier molecular flexibility index (Phi) is 6.81. The summed E-state index contributed by atoms with van der Waals surface area (Å²) in [4.78, 5) is 6.88. The third-order valence-corrected chi connectivity index (χ3v) is 7.04. The second-order valence-electron chi connectivity index (χ2n) is 9.45. The molecule has 0 amide bonds. The fourth-order valence-corrected chi connectivity index (χ4v) is 4.94. The number of rotatable bonds is 6. The molecule has 4 aromatic rings. The summed E-state index contributed by atoms with van der Waals surface area (Å²) in [7, 11) is 0. The molecule has 2 fully saturated rings. The predicted molar refractivity (Wildman–Crippen MR) is 136 cm³/mol. The van der Waals surface area contributed by atoms with Crippen molar-refractivity contribution in [3.63, 3.8) is 0 Å². The largest absolute Gasteiger partial charge is 0.456 e. The van der Waals surface area contributed by atoms with Gasteiger partial charge in [-0.15, -0.1) is 0 Å². The number of halogens is 2. The highest BCUT2D eigenvalue weighted by Gasteiger charge is 2.37. The minimum atomic E-state index is -1.07. The number of benzene rings is 3. The Morgan fingerprint density at radius 3 is 2.37 bits per heavy atom. The highest BCUT2D eigenvalue weighted by Crippen LogP contribution is 2.34. The van der Waals surface area contributed by atoms with Gasteiger partial charge in [0, 0.05) is 19.2 Å². The number of nitrogens with zero attached hydrogens (tertiary/aromatic N) is 1. The summed E-state index contributed by atoms with van der Waals surface area (Å²) >= 11 is 0. The van der Waals surface area contributed by atoms with E-state index in [2.05, 4.69) is 15.3 Å². The van der Waals surface area contributed by atoms with E-state index in [1.54, 1.807) is 12.1 Å². The van der Waals surface area contributed by atoms with E-state index >= 15 is 8.78 Å². The van der Waals surface area contributed by atoms with Crippen molar-refractivity contribution in [3.8, 4) is 28.3 Å². The van der Waals surface area contributed by atoms with E-state index in [4.69, 9.17) is 14.2 Å². The molecule has 0 radical (unpaired) electrons. The average Bonchev–Trinajstić information content (AvgIpc) is 3.52. The molecule has 3 heterocycles. The number of aromatic nitrogens is 2. The van der Waals surface area contributed by atoms with Crippen molar-refractivity contribution in [1.29, 1.82) is 0 Å². The van der Waals surface area contributed by atoms with E-state index in [0.29, 0.717) is 12.2 Å². The first-order valence-electron chi connectivity index (χ1n) is 12.5. The number of hydrogen-bond acceptors (Lipinski definition) is 7. The third-order valence-electron chi connectivity index (χ3n) is 7.04. The van der Waals surface area contributed by atoms with Crippen LogP contribution in [0.25, 0.3) is 33.3 Å². The van der Waals surface area contributed by atoms with Crippen LogP contribution in [-0.4, -0.2) is 71.4 Å². The van der Waals surface area contributed by atoms with Gasteiger partial charge in [-0.2, -0.15) is 4.98 Å². The molecule has 0 saturated carbocycles. The number of aliphatic hydroxyl groups is 2. The molecule has 8 nitrogen and oxygen atoms in total. The Labute approximate surface area is 217 Å². The van der Waals surface area contributed by atoms with Crippen molar-refractivity contribution >= 4 is 11.0 Å². The molecule has 38 heavy (non-hydrogen) atoms. The van der Waals surface area contributed by atoms with Gasteiger partial charge in [-0.3, -0.25) is 0 Å². The van der Waals surface area contributed by atoms with Gasteiger partial charge in [-0.05, 0) is 22.3 Å². The van der Waals surface area contributed by atoms with Crippen molar-refractivity contribution in [2.24, 2.45) is 0 Å². The van der Waals surface area contributed by atoms with E-state index in [9.17, 15) is 10.2 Å². The molecule has 0 bridgehead atoms. The lowest BCUT2D eigenvalue weighted by molar-refractivity contribution is -0.00390. The maximum absolute atomic E-state index is 15.5. The smallest absolute Gasteiger partial charge is 0.295 e. The Hall–Kier alpha value is -3.41. The zero-order valence-electron chi connectivity index (χ0n) is 20.4. The lowest BCUT2D eigenvalue weighted by Gasteiger charge is -2.24. The van der Waals surface area contributed by atoms with Gasteiger partial charge >= 0.3 is 0 Å². The summed E-state index contributed by atoms with van der Waals surface area (Å²) < 4.78 is 47.2. The first-order valence-corrected chi connectivity index (χ1v) is 12.5. The monoisotopic (exact) mass is 523 g/mol. The molecular weight excluding hydrogens is 496 g/mol. The van der Waals surface area contributed by atoms with Gasteiger partial charge in [0.1, 0.15) is 23.5 Å². The number of nitrogens with one attached hydrogen (secondary N) is 2. The fourth-order valence-electron chi connectivity index (χ4n) is 4.94. The third kappa shape index (κ3) is 4.65. The van der Waals surface area contributed by atoms with E-state index in [-0.39, 0.29) is 41.9 Å². The molecule has 2 unspecified atom stereocenters. The molecule has 1 aromatic heterocycles. The minimum absolute atomic E-state index is 0.0306. The topological polar surface area (TPSA) is 109 Å². The van der Waals surface area contributed by atoms with Crippen LogP contribution < -0.4 is 10.1 Å². The van der Waals surface area contributed by atoms with E-state index < -0.39 is 29.9 Å². The quantitative estimate of drug-likeness (QED) is 0.307. The van der Waals surface area contributed by atoms with E-state index in [1.807, 2.05) is 36.4 Å². The van der Waals surface area contributed by atoms with Gasteiger partial charge in [0.2, 0.25) is 0 Å². The summed E-state index contributed by atoms with van der Waals surface area (Å²) in [5.74, 6) is -1.56. The minimum Gasteiger partial charge on any atom is -0.456 e. The second kappa shape index (κ2) is 10.4. The van der Waals surface area contributed by atoms with Crippen LogP contribution >= 0.6 is 0 Å². The zero-order chi connectivity index (χ0) is 26.2. The van der Waals surface area contributed by atoms with Crippen molar-refractivity contribution < 1.29 is 33.2 Å². The maximum Gasteiger partial charge on any atom is 0.295 e. The fraction of sp³-hybridized carbons (Fsp3) is 0.321. The Balaban J connectivity index is 1.23. The molecule has 2 aliphatic rings. The summed E-state index contributed by atoms with van der Waals surface area (Å²) in [6, 6.07) is 16.2. The molecule has 10 heteroatoms. The molecular formula is C28H27F2N3O5. The number of morpholine rings is 1. The number of fused-ring (bicyclic) bond motifs is 1. The average molecular weight is 524 g/mol. The molecule has 4 N–H and O–H groups in total. The number of ether oxygens (including phenoxy) is 3.